The quantitative estimate of drug-likeness (QED) is 0.444. The molecule has 190 valence electrons. The first kappa shape index (κ1) is 25.2. The SMILES string of the molecule is Cn1ccc(C(=O)NC[C@](O)(c2cc3c(c(-c4ccc(F)cc4)n2)OC[C@]3(C)C(N)=O)C(F)(F)F)c1. The van der Waals surface area contributed by atoms with Crippen molar-refractivity contribution in [2.45, 2.75) is 24.1 Å². The zero-order valence-electron chi connectivity index (χ0n) is 19.2. The van der Waals surface area contributed by atoms with Gasteiger partial charge in [0.15, 0.2) is 0 Å². The Bertz CT molecular complexity index is 1340. The number of carbonyl (C=O) groups is 2. The molecule has 0 radical (unpaired) electrons. The highest BCUT2D eigenvalue weighted by molar-refractivity contribution is 5.94. The summed E-state index contributed by atoms with van der Waals surface area (Å²) in [6.07, 6.45) is -2.36. The van der Waals surface area contributed by atoms with Crippen LogP contribution in [0.1, 0.15) is 28.5 Å². The number of alkyl halides is 3. The lowest BCUT2D eigenvalue weighted by Gasteiger charge is -2.31. The fourth-order valence-corrected chi connectivity index (χ4v) is 3.89. The number of ether oxygens (including phenoxy) is 1. The van der Waals surface area contributed by atoms with E-state index in [0.717, 1.165) is 18.2 Å². The predicted octanol–water partition coefficient (Wildman–Crippen LogP) is 2.54. The second kappa shape index (κ2) is 8.63. The van der Waals surface area contributed by atoms with Gasteiger partial charge in [-0.05, 0) is 43.3 Å². The van der Waals surface area contributed by atoms with Crippen molar-refractivity contribution >= 4 is 11.8 Å². The van der Waals surface area contributed by atoms with E-state index in [9.17, 15) is 32.3 Å². The van der Waals surface area contributed by atoms with E-state index in [4.69, 9.17) is 10.5 Å². The monoisotopic (exact) mass is 506 g/mol. The number of nitrogens with one attached hydrogen (secondary N) is 1. The molecule has 0 saturated heterocycles. The van der Waals surface area contributed by atoms with Gasteiger partial charge in [0.25, 0.3) is 5.91 Å². The molecule has 0 aliphatic carbocycles. The average Bonchev–Trinajstić information content (AvgIpc) is 3.41. The topological polar surface area (TPSA) is 119 Å². The van der Waals surface area contributed by atoms with Gasteiger partial charge in [0.2, 0.25) is 11.5 Å². The Hall–Kier alpha value is -3.93. The first-order valence-electron chi connectivity index (χ1n) is 10.7. The molecule has 0 bridgehead atoms. The van der Waals surface area contributed by atoms with Crippen LogP contribution in [0.5, 0.6) is 5.75 Å². The van der Waals surface area contributed by atoms with Crippen molar-refractivity contribution in [1.29, 1.82) is 0 Å². The zero-order valence-corrected chi connectivity index (χ0v) is 19.2. The first-order valence-corrected chi connectivity index (χ1v) is 10.7. The molecular weight excluding hydrogens is 484 g/mol. The van der Waals surface area contributed by atoms with Gasteiger partial charge < -0.3 is 25.5 Å². The molecule has 3 heterocycles. The van der Waals surface area contributed by atoms with Gasteiger partial charge in [0.05, 0.1) is 17.8 Å². The van der Waals surface area contributed by atoms with Crippen LogP contribution in [0.2, 0.25) is 0 Å². The standard InChI is InChI=1S/C24H22F4N4O4/c1-22(21(29)34)12-36-19-16(22)9-17(31-18(19)13-3-5-15(25)6-4-13)23(35,24(26,27)28)11-30-20(33)14-7-8-32(2)10-14/h3-10,35H,11-12H2,1-2H3,(H2,29,34)(H,30,33)/t22-,23-/m0/s1. The highest BCUT2D eigenvalue weighted by Gasteiger charge is 2.57. The van der Waals surface area contributed by atoms with Crippen LogP contribution in [0, 0.1) is 5.82 Å². The number of halogens is 4. The third-order valence-corrected chi connectivity index (χ3v) is 6.23. The summed E-state index contributed by atoms with van der Waals surface area (Å²) >= 11 is 0. The molecule has 12 heteroatoms. The van der Waals surface area contributed by atoms with Crippen molar-refractivity contribution in [1.82, 2.24) is 14.9 Å². The number of nitrogens with two attached hydrogens (primary N) is 1. The molecule has 4 rings (SSSR count). The molecule has 2 atom stereocenters. The Balaban J connectivity index is 1.86. The van der Waals surface area contributed by atoms with E-state index in [2.05, 4.69) is 10.3 Å². The minimum absolute atomic E-state index is 0.00972. The van der Waals surface area contributed by atoms with Crippen LogP contribution in [0.4, 0.5) is 17.6 Å². The van der Waals surface area contributed by atoms with Gasteiger partial charge in [-0.2, -0.15) is 13.2 Å². The molecule has 36 heavy (non-hydrogen) atoms. The second-order valence-electron chi connectivity index (χ2n) is 8.83. The molecule has 0 spiro atoms. The fourth-order valence-electron chi connectivity index (χ4n) is 3.89. The van der Waals surface area contributed by atoms with Crippen LogP contribution < -0.4 is 15.8 Å². The van der Waals surface area contributed by atoms with Gasteiger partial charge in [-0.25, -0.2) is 9.37 Å². The number of aromatic nitrogens is 2. The number of nitrogens with zero attached hydrogens (tertiary/aromatic N) is 2. The van der Waals surface area contributed by atoms with Gasteiger partial charge in [-0.1, -0.05) is 0 Å². The third-order valence-electron chi connectivity index (χ3n) is 6.23. The van der Waals surface area contributed by atoms with E-state index >= 15 is 0 Å². The number of hydrogen-bond donors (Lipinski definition) is 3. The number of rotatable bonds is 6. The molecule has 1 aliphatic rings. The van der Waals surface area contributed by atoms with Gasteiger partial charge in [0, 0.05) is 30.6 Å². The average molecular weight is 506 g/mol. The largest absolute Gasteiger partial charge is 0.489 e. The van der Waals surface area contributed by atoms with Gasteiger partial charge in [0.1, 0.15) is 29.3 Å². The number of benzene rings is 1. The molecule has 8 nitrogen and oxygen atoms in total. The first-order chi connectivity index (χ1) is 16.8. The maximum Gasteiger partial charge on any atom is 0.424 e. The van der Waals surface area contributed by atoms with Crippen LogP contribution in [-0.4, -0.2) is 45.8 Å². The van der Waals surface area contributed by atoms with E-state index in [-0.39, 0.29) is 34.7 Å². The van der Waals surface area contributed by atoms with Crippen molar-refractivity contribution in [2.24, 2.45) is 12.8 Å². The number of carbonyl (C=O) groups excluding carboxylic acids is 2. The van der Waals surface area contributed by atoms with E-state index in [0.29, 0.717) is 0 Å². The molecule has 2 amide bonds. The molecule has 4 N–H and O–H groups in total. The smallest absolute Gasteiger partial charge is 0.424 e. The lowest BCUT2D eigenvalue weighted by atomic mass is 9.81. The van der Waals surface area contributed by atoms with Crippen LogP contribution in [0.25, 0.3) is 11.3 Å². The normalized spacial score (nSPS) is 18.8. The number of hydrogen-bond acceptors (Lipinski definition) is 5. The predicted molar refractivity (Wildman–Crippen MR) is 119 cm³/mol. The van der Waals surface area contributed by atoms with Crippen LogP contribution in [-0.2, 0) is 22.9 Å². The number of amides is 2. The molecule has 0 unspecified atom stereocenters. The van der Waals surface area contributed by atoms with Crippen molar-refractivity contribution in [3.63, 3.8) is 0 Å². The lowest BCUT2D eigenvalue weighted by Crippen LogP contribution is -2.51. The second-order valence-corrected chi connectivity index (χ2v) is 8.83. The van der Waals surface area contributed by atoms with Crippen LogP contribution in [0.3, 0.4) is 0 Å². The Morgan fingerprint density at radius 2 is 1.92 bits per heavy atom. The third kappa shape index (κ3) is 4.17. The summed E-state index contributed by atoms with van der Waals surface area (Å²) in [6, 6.07) is 7.01. The van der Waals surface area contributed by atoms with Crippen LogP contribution >= 0.6 is 0 Å². The molecule has 0 fully saturated rings. The minimum Gasteiger partial charge on any atom is -0.489 e. The van der Waals surface area contributed by atoms with Gasteiger partial charge >= 0.3 is 6.18 Å². The molecule has 2 aromatic heterocycles. The summed E-state index contributed by atoms with van der Waals surface area (Å²) in [7, 11) is 1.63. The fraction of sp³-hybridized carbons (Fsp3) is 0.292. The lowest BCUT2D eigenvalue weighted by molar-refractivity contribution is -0.265. The van der Waals surface area contributed by atoms with Gasteiger partial charge in [-0.3, -0.25) is 9.59 Å². The van der Waals surface area contributed by atoms with E-state index in [1.165, 1.54) is 42.1 Å². The van der Waals surface area contributed by atoms with E-state index in [1.807, 2.05) is 0 Å². The summed E-state index contributed by atoms with van der Waals surface area (Å²) in [5, 5.41) is 13.1. The number of primary amides is 1. The van der Waals surface area contributed by atoms with Gasteiger partial charge in [-0.15, -0.1) is 0 Å². The Morgan fingerprint density at radius 3 is 2.47 bits per heavy atom. The summed E-state index contributed by atoms with van der Waals surface area (Å²) in [5.41, 5.74) is -0.429. The zero-order chi connectivity index (χ0) is 26.5. The van der Waals surface area contributed by atoms with E-state index in [1.54, 1.807) is 7.05 Å². The number of fused-ring (bicyclic) bond motifs is 1. The Morgan fingerprint density at radius 1 is 1.25 bits per heavy atom. The van der Waals surface area contributed by atoms with Crippen molar-refractivity contribution in [3.05, 3.63) is 71.4 Å². The Kier molecular flexibility index (Phi) is 6.03. The number of pyridine rings is 1. The maximum absolute atomic E-state index is 14.3. The molecule has 1 aromatic carbocycles. The maximum atomic E-state index is 14.3. The molecule has 0 saturated carbocycles. The highest BCUT2D eigenvalue weighted by Crippen LogP contribution is 2.47. The van der Waals surface area contributed by atoms with Crippen molar-refractivity contribution in [3.8, 4) is 17.0 Å². The summed E-state index contributed by atoms with van der Waals surface area (Å²) in [6.45, 7) is -0.150. The van der Waals surface area contributed by atoms with Crippen molar-refractivity contribution < 1.29 is 37.0 Å². The molecular formula is C24H22F4N4O4. The van der Waals surface area contributed by atoms with E-state index < -0.39 is 47.1 Å². The number of aryl methyl sites for hydroxylation is 1. The summed E-state index contributed by atoms with van der Waals surface area (Å²) < 4.78 is 63.6. The highest BCUT2D eigenvalue weighted by atomic mass is 19.4. The molecule has 1 aliphatic heterocycles. The molecule has 3 aromatic rings. The number of aliphatic hydroxyl groups is 1. The summed E-state index contributed by atoms with van der Waals surface area (Å²) in [5.74, 6) is -2.31. The van der Waals surface area contributed by atoms with Crippen molar-refractivity contribution in [2.75, 3.05) is 13.2 Å². The Labute approximate surface area is 202 Å². The summed E-state index contributed by atoms with van der Waals surface area (Å²) in [4.78, 5) is 28.7. The minimum atomic E-state index is -5.29. The van der Waals surface area contributed by atoms with Crippen LogP contribution in [0.15, 0.2) is 48.8 Å².